The molecule has 8 nitrogen and oxygen atoms in total. The summed E-state index contributed by atoms with van der Waals surface area (Å²) in [5.74, 6) is 1.80. The highest BCUT2D eigenvalue weighted by molar-refractivity contribution is 5.90. The first-order chi connectivity index (χ1) is 19.1. The van der Waals surface area contributed by atoms with Gasteiger partial charge in [0.15, 0.2) is 11.5 Å². The third kappa shape index (κ3) is 5.35. The highest BCUT2D eigenvalue weighted by atomic mass is 16.5. The first kappa shape index (κ1) is 25.7. The number of H-pyrrole nitrogens is 1. The van der Waals surface area contributed by atoms with Gasteiger partial charge in [0, 0.05) is 42.3 Å². The number of nitrogens with one attached hydrogen (secondary N) is 2. The largest absolute Gasteiger partial charge is 0.493 e. The number of carbonyl (C=O) groups excluding carboxylic acids is 2. The molecule has 206 valence electrons. The van der Waals surface area contributed by atoms with Crippen molar-refractivity contribution in [2.24, 2.45) is 5.92 Å². The summed E-state index contributed by atoms with van der Waals surface area (Å²) >= 11 is 0. The zero-order valence-corrected chi connectivity index (χ0v) is 22.7. The van der Waals surface area contributed by atoms with E-state index in [9.17, 15) is 9.59 Å². The zero-order chi connectivity index (χ0) is 26.8. The molecule has 3 aromatic rings. The molecule has 2 aromatic carbocycles. The Labute approximate surface area is 229 Å². The molecule has 2 fully saturated rings. The number of hydrogen-bond acceptors (Lipinski definition) is 5. The third-order valence-corrected chi connectivity index (χ3v) is 8.73. The predicted molar refractivity (Wildman–Crippen MR) is 150 cm³/mol. The topological polar surface area (TPSA) is 86.9 Å². The number of rotatable bonds is 3. The Morgan fingerprint density at radius 2 is 2.03 bits per heavy atom. The Morgan fingerprint density at radius 3 is 2.92 bits per heavy atom. The SMILES string of the molecule is COc1ccc2cc1OCCCCN(C(=O)Cc1c[nH]c3ccccc13)CC(=O)NC[C@H]1C[C@H]2N2CCC[C@@H]12. The van der Waals surface area contributed by atoms with Crippen molar-refractivity contribution in [1.82, 2.24) is 20.1 Å². The van der Waals surface area contributed by atoms with E-state index in [4.69, 9.17) is 9.47 Å². The van der Waals surface area contributed by atoms with Crippen molar-refractivity contribution in [1.29, 1.82) is 0 Å². The van der Waals surface area contributed by atoms with Gasteiger partial charge in [0.2, 0.25) is 11.8 Å². The second kappa shape index (κ2) is 11.3. The molecule has 6 rings (SSSR count). The van der Waals surface area contributed by atoms with E-state index in [1.54, 1.807) is 12.0 Å². The van der Waals surface area contributed by atoms with E-state index in [1.807, 2.05) is 36.5 Å². The van der Waals surface area contributed by atoms with Crippen molar-refractivity contribution < 1.29 is 19.1 Å². The number of aromatic nitrogens is 1. The van der Waals surface area contributed by atoms with Gasteiger partial charge in [0.25, 0.3) is 0 Å². The standard InChI is InChI=1S/C31H38N4O4/c1-38-28-11-10-21-16-29(28)39-14-5-4-12-34(31(37)17-22-18-32-25-8-3-2-7-24(22)25)20-30(36)33-19-23-15-27(21)35-13-6-9-26(23)35/h2-3,7-8,10-11,16,18,23,26-27,32H,4-6,9,12-15,17,19-20H2,1H3,(H,33,36)/t23-,26+,27-/m1/s1. The van der Waals surface area contributed by atoms with E-state index in [0.717, 1.165) is 60.2 Å². The fraction of sp³-hybridized carbons (Fsp3) is 0.484. The molecule has 2 amide bonds. The minimum Gasteiger partial charge on any atom is -0.493 e. The van der Waals surface area contributed by atoms with Crippen LogP contribution < -0.4 is 14.8 Å². The summed E-state index contributed by atoms with van der Waals surface area (Å²) in [5.41, 5.74) is 3.22. The number of carbonyl (C=O) groups is 2. The molecule has 3 aliphatic heterocycles. The van der Waals surface area contributed by atoms with Gasteiger partial charge in [-0.1, -0.05) is 24.3 Å². The van der Waals surface area contributed by atoms with Gasteiger partial charge in [-0.25, -0.2) is 0 Å². The van der Waals surface area contributed by atoms with E-state index < -0.39 is 0 Å². The number of ether oxygens (including phenoxy) is 2. The average Bonchev–Trinajstić information content (AvgIpc) is 3.67. The average molecular weight is 531 g/mol. The summed E-state index contributed by atoms with van der Waals surface area (Å²) in [6, 6.07) is 15.1. The van der Waals surface area contributed by atoms with Crippen LogP contribution in [0.15, 0.2) is 48.7 Å². The van der Waals surface area contributed by atoms with Crippen LogP contribution in [-0.2, 0) is 16.0 Å². The molecule has 39 heavy (non-hydrogen) atoms. The molecule has 2 N–H and O–H groups in total. The normalized spacial score (nSPS) is 24.3. The van der Waals surface area contributed by atoms with Crippen molar-refractivity contribution in [3.63, 3.8) is 0 Å². The summed E-state index contributed by atoms with van der Waals surface area (Å²) in [5, 5.41) is 4.24. The molecule has 0 saturated carbocycles. The van der Waals surface area contributed by atoms with Crippen LogP contribution in [0.2, 0.25) is 0 Å². The van der Waals surface area contributed by atoms with E-state index in [0.29, 0.717) is 37.7 Å². The molecular weight excluding hydrogens is 492 g/mol. The van der Waals surface area contributed by atoms with Crippen molar-refractivity contribution >= 4 is 22.7 Å². The molecular formula is C31H38N4O4. The summed E-state index contributed by atoms with van der Waals surface area (Å²) in [7, 11) is 1.68. The van der Waals surface area contributed by atoms with Crippen LogP contribution in [0.1, 0.15) is 49.3 Å². The van der Waals surface area contributed by atoms with Gasteiger partial charge in [-0.05, 0) is 73.9 Å². The molecule has 3 aliphatic rings. The van der Waals surface area contributed by atoms with Crippen LogP contribution in [0.5, 0.6) is 11.5 Å². The van der Waals surface area contributed by atoms with Crippen LogP contribution in [0.4, 0.5) is 0 Å². The summed E-state index contributed by atoms with van der Waals surface area (Å²) in [6.45, 7) is 2.84. The van der Waals surface area contributed by atoms with E-state index in [-0.39, 0.29) is 24.8 Å². The van der Waals surface area contributed by atoms with Crippen LogP contribution in [0.3, 0.4) is 0 Å². The molecule has 0 aliphatic carbocycles. The number of benzene rings is 2. The fourth-order valence-corrected chi connectivity index (χ4v) is 6.75. The Bertz CT molecular complexity index is 1340. The van der Waals surface area contributed by atoms with Crippen LogP contribution >= 0.6 is 0 Å². The van der Waals surface area contributed by atoms with E-state index >= 15 is 0 Å². The fourth-order valence-electron chi connectivity index (χ4n) is 6.75. The maximum Gasteiger partial charge on any atom is 0.239 e. The Morgan fingerprint density at radius 1 is 1.13 bits per heavy atom. The van der Waals surface area contributed by atoms with Crippen LogP contribution in [0, 0.1) is 5.92 Å². The monoisotopic (exact) mass is 530 g/mol. The summed E-state index contributed by atoms with van der Waals surface area (Å²) in [4.78, 5) is 34.1. The quantitative estimate of drug-likeness (QED) is 0.533. The summed E-state index contributed by atoms with van der Waals surface area (Å²) in [6.07, 6.45) is 7.02. The van der Waals surface area contributed by atoms with Gasteiger partial charge < -0.3 is 24.7 Å². The van der Waals surface area contributed by atoms with Gasteiger partial charge in [0.05, 0.1) is 26.7 Å². The predicted octanol–water partition coefficient (Wildman–Crippen LogP) is 4.06. The Hall–Kier alpha value is -3.52. The molecule has 0 radical (unpaired) electrons. The lowest BCUT2D eigenvalue weighted by atomic mass is 9.94. The number of hydrogen-bond donors (Lipinski definition) is 2. The molecule has 8 heteroatoms. The maximum atomic E-state index is 13.5. The molecule has 0 unspecified atom stereocenters. The number of amides is 2. The minimum absolute atomic E-state index is 0.0331. The van der Waals surface area contributed by atoms with Crippen molar-refractivity contribution in [2.45, 2.75) is 50.6 Å². The number of fused-ring (bicyclic) bond motifs is 9. The van der Waals surface area contributed by atoms with Crippen molar-refractivity contribution in [3.05, 3.63) is 59.8 Å². The van der Waals surface area contributed by atoms with E-state index in [2.05, 4.69) is 27.3 Å². The second-order valence-corrected chi connectivity index (χ2v) is 11.1. The zero-order valence-electron chi connectivity index (χ0n) is 22.7. The maximum absolute atomic E-state index is 13.5. The highest BCUT2D eigenvalue weighted by Crippen LogP contribution is 2.46. The second-order valence-electron chi connectivity index (χ2n) is 11.1. The molecule has 4 bridgehead atoms. The lowest BCUT2D eigenvalue weighted by Crippen LogP contribution is -2.44. The Balaban J connectivity index is 1.21. The molecule has 4 heterocycles. The molecule has 1 aromatic heterocycles. The van der Waals surface area contributed by atoms with Gasteiger partial charge in [-0.15, -0.1) is 0 Å². The van der Waals surface area contributed by atoms with Crippen LogP contribution in [0.25, 0.3) is 10.9 Å². The summed E-state index contributed by atoms with van der Waals surface area (Å²) < 4.78 is 11.8. The molecule has 0 spiro atoms. The van der Waals surface area contributed by atoms with Crippen LogP contribution in [-0.4, -0.2) is 72.5 Å². The van der Waals surface area contributed by atoms with Gasteiger partial charge >= 0.3 is 0 Å². The third-order valence-electron chi connectivity index (χ3n) is 8.73. The lowest BCUT2D eigenvalue weighted by molar-refractivity contribution is -0.135. The molecule has 3 atom stereocenters. The van der Waals surface area contributed by atoms with Crippen molar-refractivity contribution in [3.8, 4) is 11.5 Å². The van der Waals surface area contributed by atoms with Crippen molar-refractivity contribution in [2.75, 3.05) is 39.9 Å². The van der Waals surface area contributed by atoms with Gasteiger partial charge in [0.1, 0.15) is 0 Å². The minimum atomic E-state index is -0.0784. The first-order valence-electron chi connectivity index (χ1n) is 14.3. The number of para-hydroxylation sites is 1. The molecule has 2 saturated heterocycles. The Kier molecular flexibility index (Phi) is 7.46. The smallest absolute Gasteiger partial charge is 0.239 e. The lowest BCUT2D eigenvalue weighted by Gasteiger charge is -2.25. The van der Waals surface area contributed by atoms with Gasteiger partial charge in [-0.3, -0.25) is 14.5 Å². The highest BCUT2D eigenvalue weighted by Gasteiger charge is 2.44. The van der Waals surface area contributed by atoms with E-state index in [1.165, 1.54) is 12.0 Å². The number of nitrogens with zero attached hydrogens (tertiary/aromatic N) is 2. The first-order valence-corrected chi connectivity index (χ1v) is 14.3. The number of aromatic amines is 1. The number of methoxy groups -OCH3 is 1. The van der Waals surface area contributed by atoms with Gasteiger partial charge in [-0.2, -0.15) is 0 Å².